The second-order valence-corrected chi connectivity index (χ2v) is 9.22. The molecule has 1 aliphatic carbocycles. The van der Waals surface area contributed by atoms with E-state index in [0.717, 1.165) is 42.5 Å². The first-order chi connectivity index (χ1) is 16.6. The number of fused-ring (bicyclic) bond motifs is 1. The first-order valence-electron chi connectivity index (χ1n) is 11.2. The van der Waals surface area contributed by atoms with E-state index in [1.807, 2.05) is 43.3 Å². The zero-order valence-electron chi connectivity index (χ0n) is 18.9. The molecule has 1 amide bonds. The average molecular weight is 493 g/mol. The quantitative estimate of drug-likeness (QED) is 0.281. The van der Waals surface area contributed by atoms with Crippen LogP contribution in [0.15, 0.2) is 47.5 Å². The van der Waals surface area contributed by atoms with Crippen LogP contribution in [0.1, 0.15) is 46.1 Å². The van der Waals surface area contributed by atoms with Crippen LogP contribution in [0.5, 0.6) is 11.5 Å². The number of aryl methyl sites for hydroxylation is 1. The van der Waals surface area contributed by atoms with Crippen molar-refractivity contribution in [3.05, 3.63) is 69.1 Å². The Labute approximate surface area is 208 Å². The summed E-state index contributed by atoms with van der Waals surface area (Å²) in [4.78, 5) is 19.2. The van der Waals surface area contributed by atoms with Crippen molar-refractivity contribution >= 4 is 45.7 Å². The number of halogens is 1. The molecule has 3 aromatic rings. The van der Waals surface area contributed by atoms with E-state index in [4.69, 9.17) is 32.5 Å². The molecule has 0 saturated heterocycles. The Hall–Kier alpha value is -3.27. The van der Waals surface area contributed by atoms with E-state index >= 15 is 0 Å². The summed E-state index contributed by atoms with van der Waals surface area (Å²) in [6.07, 6.45) is 11.1. The minimum atomic E-state index is -0.135. The van der Waals surface area contributed by atoms with Crippen LogP contribution in [0.4, 0.5) is 10.7 Å². The second kappa shape index (κ2) is 11.2. The van der Waals surface area contributed by atoms with Crippen LogP contribution in [-0.2, 0) is 12.8 Å². The molecule has 1 aromatic heterocycles. The van der Waals surface area contributed by atoms with Crippen LogP contribution < -0.4 is 14.8 Å². The molecule has 2 aromatic carbocycles. The smallest absolute Gasteiger partial charge is 0.259 e. The monoisotopic (exact) mass is 492 g/mol. The van der Waals surface area contributed by atoms with Gasteiger partial charge in [0.1, 0.15) is 11.6 Å². The average Bonchev–Trinajstić information content (AvgIpc) is 3.22. The Morgan fingerprint density at radius 1 is 1.24 bits per heavy atom. The molecule has 0 spiro atoms. The number of hydrogen-bond acceptors (Lipinski definition) is 5. The summed E-state index contributed by atoms with van der Waals surface area (Å²) < 4.78 is 11.3. The Balaban J connectivity index is 1.67. The molecule has 0 unspecified atom stereocenters. The molecule has 0 aliphatic heterocycles. The van der Waals surface area contributed by atoms with E-state index in [-0.39, 0.29) is 12.5 Å². The lowest BCUT2D eigenvalue weighted by molar-refractivity contribution is 0.102. The van der Waals surface area contributed by atoms with Gasteiger partial charge < -0.3 is 14.8 Å². The van der Waals surface area contributed by atoms with Crippen molar-refractivity contribution in [3.8, 4) is 23.8 Å². The molecule has 0 bridgehead atoms. The van der Waals surface area contributed by atoms with E-state index in [9.17, 15) is 4.79 Å². The van der Waals surface area contributed by atoms with E-state index in [2.05, 4.69) is 11.2 Å². The predicted octanol–water partition coefficient (Wildman–Crippen LogP) is 6.69. The number of aliphatic imine (C=N–C) groups is 1. The molecule has 0 atom stereocenters. The Bertz CT molecular complexity index is 1240. The third kappa shape index (κ3) is 5.44. The maximum atomic E-state index is 13.3. The fourth-order valence-corrected chi connectivity index (χ4v) is 5.41. The lowest BCUT2D eigenvalue weighted by Gasteiger charge is -2.13. The summed E-state index contributed by atoms with van der Waals surface area (Å²) in [5, 5.41) is 4.10. The number of ether oxygens (including phenoxy) is 2. The molecule has 0 fully saturated rings. The standard InChI is InChI=1S/C27H25ClN2O3S/c1-3-14-33-25-21(28)15-18(16-22(25)32-4-2)17-29-27-24(20-12-8-9-13-23(20)34-27)26(31)30-19-10-6-5-7-11-19/h1,5-7,10-11,15-17H,4,8-9,12-14H2,2H3,(H,30,31)/b29-17+. The van der Waals surface area contributed by atoms with E-state index in [1.165, 1.54) is 4.88 Å². The van der Waals surface area contributed by atoms with Gasteiger partial charge in [-0.2, -0.15) is 0 Å². The van der Waals surface area contributed by atoms with Gasteiger partial charge >= 0.3 is 0 Å². The lowest BCUT2D eigenvalue weighted by Crippen LogP contribution is -2.14. The zero-order chi connectivity index (χ0) is 23.9. The normalized spacial score (nSPS) is 12.7. The van der Waals surface area contributed by atoms with E-state index < -0.39 is 0 Å². The molecule has 0 radical (unpaired) electrons. The van der Waals surface area contributed by atoms with Crippen molar-refractivity contribution in [1.29, 1.82) is 0 Å². The molecular weight excluding hydrogens is 468 g/mol. The molecule has 174 valence electrons. The highest BCUT2D eigenvalue weighted by atomic mass is 35.5. The number of para-hydroxylation sites is 1. The topological polar surface area (TPSA) is 59.9 Å². The number of terminal acetylenes is 1. The summed E-state index contributed by atoms with van der Waals surface area (Å²) in [5.41, 5.74) is 3.27. The third-order valence-corrected chi connectivity index (χ3v) is 6.85. The third-order valence-electron chi connectivity index (χ3n) is 5.37. The summed E-state index contributed by atoms with van der Waals surface area (Å²) in [6, 6.07) is 13.0. The van der Waals surface area contributed by atoms with Gasteiger partial charge in [-0.1, -0.05) is 35.7 Å². The number of nitrogens with one attached hydrogen (secondary N) is 1. The number of hydrogen-bond donors (Lipinski definition) is 1. The molecule has 1 heterocycles. The maximum absolute atomic E-state index is 13.3. The highest BCUT2D eigenvalue weighted by molar-refractivity contribution is 7.16. The Morgan fingerprint density at radius 2 is 2.03 bits per heavy atom. The summed E-state index contributed by atoms with van der Waals surface area (Å²) in [7, 11) is 0. The first kappa shape index (κ1) is 23.9. The molecule has 34 heavy (non-hydrogen) atoms. The summed E-state index contributed by atoms with van der Waals surface area (Å²) in [6.45, 7) is 2.42. The van der Waals surface area contributed by atoms with Gasteiger partial charge in [-0.05, 0) is 68.0 Å². The van der Waals surface area contributed by atoms with Crippen molar-refractivity contribution in [3.63, 3.8) is 0 Å². The summed E-state index contributed by atoms with van der Waals surface area (Å²) >= 11 is 8.03. The van der Waals surface area contributed by atoms with Crippen molar-refractivity contribution in [2.75, 3.05) is 18.5 Å². The fraction of sp³-hybridized carbons (Fsp3) is 0.259. The molecule has 1 N–H and O–H groups in total. The van der Waals surface area contributed by atoms with Crippen molar-refractivity contribution in [2.45, 2.75) is 32.6 Å². The van der Waals surface area contributed by atoms with Crippen LogP contribution in [0.3, 0.4) is 0 Å². The molecule has 0 saturated carbocycles. The largest absolute Gasteiger partial charge is 0.490 e. The van der Waals surface area contributed by atoms with Gasteiger partial charge in [-0.25, -0.2) is 4.99 Å². The van der Waals surface area contributed by atoms with Gasteiger partial charge in [-0.3, -0.25) is 4.79 Å². The van der Waals surface area contributed by atoms with Gasteiger partial charge in [0.05, 0.1) is 17.2 Å². The summed E-state index contributed by atoms with van der Waals surface area (Å²) in [5.74, 6) is 3.21. The van der Waals surface area contributed by atoms with Crippen LogP contribution in [0, 0.1) is 12.3 Å². The molecule has 1 aliphatic rings. The van der Waals surface area contributed by atoms with Gasteiger partial charge in [0.15, 0.2) is 11.5 Å². The molecule has 7 heteroatoms. The van der Waals surface area contributed by atoms with Gasteiger partial charge in [-0.15, -0.1) is 17.8 Å². The van der Waals surface area contributed by atoms with Gasteiger partial charge in [0, 0.05) is 16.8 Å². The van der Waals surface area contributed by atoms with Crippen LogP contribution >= 0.6 is 22.9 Å². The van der Waals surface area contributed by atoms with Crippen LogP contribution in [-0.4, -0.2) is 25.3 Å². The van der Waals surface area contributed by atoms with Crippen LogP contribution in [0.25, 0.3) is 0 Å². The zero-order valence-corrected chi connectivity index (χ0v) is 20.5. The fourth-order valence-electron chi connectivity index (χ4n) is 3.90. The van der Waals surface area contributed by atoms with Gasteiger partial charge in [0.25, 0.3) is 5.91 Å². The van der Waals surface area contributed by atoms with Crippen molar-refractivity contribution in [2.24, 2.45) is 4.99 Å². The van der Waals surface area contributed by atoms with Crippen molar-refractivity contribution < 1.29 is 14.3 Å². The van der Waals surface area contributed by atoms with E-state index in [0.29, 0.717) is 33.7 Å². The number of benzene rings is 2. The van der Waals surface area contributed by atoms with Gasteiger partial charge in [0.2, 0.25) is 0 Å². The maximum Gasteiger partial charge on any atom is 0.259 e. The number of rotatable bonds is 8. The minimum absolute atomic E-state index is 0.0911. The van der Waals surface area contributed by atoms with Crippen LogP contribution in [0.2, 0.25) is 5.02 Å². The highest BCUT2D eigenvalue weighted by Crippen LogP contribution is 2.41. The minimum Gasteiger partial charge on any atom is -0.490 e. The Kier molecular flexibility index (Phi) is 7.89. The molecular formula is C27H25ClN2O3S. The second-order valence-electron chi connectivity index (χ2n) is 7.73. The SMILES string of the molecule is C#CCOc1c(Cl)cc(/C=N/c2sc3c(c2C(=O)Nc2ccccc2)CCCC3)cc1OCC. The highest BCUT2D eigenvalue weighted by Gasteiger charge is 2.25. The first-order valence-corrected chi connectivity index (χ1v) is 12.4. The number of thiophene rings is 1. The number of anilines is 1. The molecule has 4 rings (SSSR count). The number of carbonyl (C=O) groups is 1. The lowest BCUT2D eigenvalue weighted by atomic mass is 9.95. The Morgan fingerprint density at radius 3 is 2.79 bits per heavy atom. The van der Waals surface area contributed by atoms with Crippen molar-refractivity contribution in [1.82, 2.24) is 0 Å². The number of amides is 1. The number of carbonyl (C=O) groups excluding carboxylic acids is 1. The predicted molar refractivity (Wildman–Crippen MR) is 140 cm³/mol. The molecule has 5 nitrogen and oxygen atoms in total. The van der Waals surface area contributed by atoms with E-state index in [1.54, 1.807) is 23.6 Å². The number of nitrogens with zero attached hydrogens (tertiary/aromatic N) is 1.